The lowest BCUT2D eigenvalue weighted by Gasteiger charge is -2.32. The Hall–Kier alpha value is -1.98. The molecule has 2 amide bonds. The smallest absolute Gasteiger partial charge is 0.225 e. The topological polar surface area (TPSA) is 75.2 Å². The summed E-state index contributed by atoms with van der Waals surface area (Å²) in [7, 11) is 0. The molecule has 3 aliphatic rings. The molecular weight excluding hydrogens is 364 g/mol. The molecule has 2 saturated carbocycles. The summed E-state index contributed by atoms with van der Waals surface area (Å²) in [5.74, 6) is 1.71. The van der Waals surface area contributed by atoms with E-state index in [0.29, 0.717) is 18.4 Å². The van der Waals surface area contributed by atoms with Crippen LogP contribution in [0.4, 0.5) is 0 Å². The Bertz CT molecular complexity index is 745. The minimum Gasteiger partial charge on any atom is -0.353 e. The molecule has 1 aliphatic heterocycles. The van der Waals surface area contributed by atoms with Gasteiger partial charge in [0.15, 0.2) is 0 Å². The van der Waals surface area contributed by atoms with Crippen LogP contribution in [0, 0.1) is 19.8 Å². The molecule has 0 spiro atoms. The molecule has 1 saturated heterocycles. The highest BCUT2D eigenvalue weighted by molar-refractivity contribution is 5.81. The maximum absolute atomic E-state index is 12.5. The summed E-state index contributed by atoms with van der Waals surface area (Å²) in [6, 6.07) is 0.328. The van der Waals surface area contributed by atoms with E-state index in [-0.39, 0.29) is 17.7 Å². The van der Waals surface area contributed by atoms with Gasteiger partial charge in [0.25, 0.3) is 0 Å². The Morgan fingerprint density at radius 2 is 1.66 bits per heavy atom. The predicted octanol–water partition coefficient (Wildman–Crippen LogP) is 3.20. The number of carbonyl (C=O) groups is 2. The molecular formula is C23H34N4O2. The van der Waals surface area contributed by atoms with Crippen LogP contribution < -0.4 is 5.32 Å². The molecule has 29 heavy (non-hydrogen) atoms. The number of hydrogen-bond donors (Lipinski definition) is 1. The third-order valence-electron chi connectivity index (χ3n) is 6.77. The summed E-state index contributed by atoms with van der Waals surface area (Å²) in [6.45, 7) is 5.56. The lowest BCUT2D eigenvalue weighted by Crippen LogP contribution is -2.40. The summed E-state index contributed by atoms with van der Waals surface area (Å²) in [5.41, 5.74) is 2.75. The number of amides is 2. The predicted molar refractivity (Wildman–Crippen MR) is 112 cm³/mol. The lowest BCUT2D eigenvalue weighted by atomic mass is 9.95. The van der Waals surface area contributed by atoms with Crippen molar-refractivity contribution in [3.8, 4) is 0 Å². The molecule has 3 fully saturated rings. The highest BCUT2D eigenvalue weighted by Gasteiger charge is 2.36. The Kier molecular flexibility index (Phi) is 6.16. The first kappa shape index (κ1) is 20.3. The van der Waals surface area contributed by atoms with Gasteiger partial charge in [-0.05, 0) is 52.4 Å². The fraction of sp³-hybridized carbons (Fsp3) is 0.739. The molecule has 2 heterocycles. The maximum Gasteiger partial charge on any atom is 0.225 e. The molecule has 1 aromatic rings. The monoisotopic (exact) mass is 398 g/mol. The fourth-order valence-electron chi connectivity index (χ4n) is 4.87. The summed E-state index contributed by atoms with van der Waals surface area (Å²) in [6.07, 6.45) is 10.4. The third-order valence-corrected chi connectivity index (χ3v) is 6.77. The first-order valence-corrected chi connectivity index (χ1v) is 11.4. The van der Waals surface area contributed by atoms with E-state index in [1.165, 1.54) is 19.3 Å². The van der Waals surface area contributed by atoms with E-state index in [9.17, 15) is 9.59 Å². The molecule has 1 unspecified atom stereocenters. The van der Waals surface area contributed by atoms with Crippen LogP contribution in [0.25, 0.3) is 0 Å². The largest absolute Gasteiger partial charge is 0.353 e. The van der Waals surface area contributed by atoms with E-state index in [0.717, 1.165) is 74.4 Å². The zero-order valence-electron chi connectivity index (χ0n) is 17.9. The molecule has 1 atom stereocenters. The zero-order valence-corrected chi connectivity index (χ0v) is 17.9. The van der Waals surface area contributed by atoms with E-state index < -0.39 is 0 Å². The highest BCUT2D eigenvalue weighted by Crippen LogP contribution is 2.34. The van der Waals surface area contributed by atoms with E-state index in [4.69, 9.17) is 9.97 Å². The molecule has 6 heteroatoms. The number of aromatic nitrogens is 2. The third kappa shape index (κ3) is 4.96. The molecule has 6 nitrogen and oxygen atoms in total. The van der Waals surface area contributed by atoms with Crippen molar-refractivity contribution in [3.63, 3.8) is 0 Å². The molecule has 2 aliphatic carbocycles. The van der Waals surface area contributed by atoms with E-state index in [2.05, 4.69) is 5.32 Å². The van der Waals surface area contributed by atoms with Crippen molar-refractivity contribution in [3.05, 3.63) is 22.8 Å². The number of nitrogens with one attached hydrogen (secondary N) is 1. The van der Waals surface area contributed by atoms with Gasteiger partial charge in [0.1, 0.15) is 5.82 Å². The average molecular weight is 399 g/mol. The van der Waals surface area contributed by atoms with Gasteiger partial charge in [-0.25, -0.2) is 9.97 Å². The number of likely N-dealkylation sites (tertiary alicyclic amines) is 1. The van der Waals surface area contributed by atoms with Crippen molar-refractivity contribution in [2.45, 2.75) is 90.0 Å². The van der Waals surface area contributed by atoms with Crippen molar-refractivity contribution in [2.75, 3.05) is 13.1 Å². The number of nitrogens with zero attached hydrogens (tertiary/aromatic N) is 3. The molecule has 158 valence electrons. The maximum atomic E-state index is 12.5. The van der Waals surface area contributed by atoms with Gasteiger partial charge in [0.2, 0.25) is 11.8 Å². The van der Waals surface area contributed by atoms with Crippen LogP contribution in [0.1, 0.15) is 86.5 Å². The highest BCUT2D eigenvalue weighted by atomic mass is 16.2. The Morgan fingerprint density at radius 1 is 0.966 bits per heavy atom. The van der Waals surface area contributed by atoms with Gasteiger partial charge >= 0.3 is 0 Å². The van der Waals surface area contributed by atoms with Crippen molar-refractivity contribution in [2.24, 2.45) is 5.92 Å². The second kappa shape index (κ2) is 8.80. The van der Waals surface area contributed by atoms with Gasteiger partial charge in [-0.15, -0.1) is 0 Å². The summed E-state index contributed by atoms with van der Waals surface area (Å²) in [5, 5.41) is 3.20. The first-order valence-electron chi connectivity index (χ1n) is 11.4. The minimum atomic E-state index is 0.0818. The van der Waals surface area contributed by atoms with Gasteiger partial charge in [0.05, 0.1) is 6.42 Å². The lowest BCUT2D eigenvalue weighted by molar-refractivity contribution is -0.133. The number of aryl methyl sites for hydroxylation is 2. The molecule has 0 bridgehead atoms. The molecule has 1 N–H and O–H groups in total. The van der Waals surface area contributed by atoms with Crippen LogP contribution in [0.2, 0.25) is 0 Å². The van der Waals surface area contributed by atoms with Gasteiger partial charge in [0, 0.05) is 47.9 Å². The first-order chi connectivity index (χ1) is 14.0. The molecule has 0 radical (unpaired) electrons. The van der Waals surface area contributed by atoms with Crippen LogP contribution >= 0.6 is 0 Å². The number of carbonyl (C=O) groups excluding carboxylic acids is 2. The minimum absolute atomic E-state index is 0.0818. The quantitative estimate of drug-likeness (QED) is 0.826. The van der Waals surface area contributed by atoms with Gasteiger partial charge in [-0.1, -0.05) is 19.3 Å². The molecule has 0 aromatic carbocycles. The van der Waals surface area contributed by atoms with Crippen molar-refractivity contribution >= 4 is 11.8 Å². The molecule has 4 rings (SSSR count). The normalized spacial score (nSPS) is 23.1. The van der Waals surface area contributed by atoms with Crippen LogP contribution in [0.15, 0.2) is 0 Å². The van der Waals surface area contributed by atoms with E-state index in [1.807, 2.05) is 18.7 Å². The Balaban J connectivity index is 1.41. The van der Waals surface area contributed by atoms with E-state index >= 15 is 0 Å². The second-order valence-electron chi connectivity index (χ2n) is 9.21. The Morgan fingerprint density at radius 3 is 2.31 bits per heavy atom. The van der Waals surface area contributed by atoms with Crippen LogP contribution in [-0.4, -0.2) is 45.8 Å². The van der Waals surface area contributed by atoms with E-state index in [1.54, 1.807) is 0 Å². The van der Waals surface area contributed by atoms with Crippen LogP contribution in [-0.2, 0) is 16.0 Å². The summed E-state index contributed by atoms with van der Waals surface area (Å²) < 4.78 is 0. The Labute approximate surface area is 173 Å². The SMILES string of the molecule is Cc1nc(C2CCCN(C(=O)C3CC3)C2)nc(C)c1CC(=O)NC1CCCCC1. The molecule has 1 aromatic heterocycles. The van der Waals surface area contributed by atoms with Crippen molar-refractivity contribution < 1.29 is 9.59 Å². The zero-order chi connectivity index (χ0) is 20.4. The summed E-state index contributed by atoms with van der Waals surface area (Å²) in [4.78, 5) is 36.6. The number of rotatable bonds is 5. The average Bonchev–Trinajstić information content (AvgIpc) is 3.56. The number of piperidine rings is 1. The van der Waals surface area contributed by atoms with Crippen LogP contribution in [0.3, 0.4) is 0 Å². The van der Waals surface area contributed by atoms with Crippen molar-refractivity contribution in [1.29, 1.82) is 0 Å². The van der Waals surface area contributed by atoms with Gasteiger partial charge in [-0.3, -0.25) is 9.59 Å². The standard InChI is InChI=1S/C23H34N4O2/c1-15-20(13-21(28)26-19-8-4-3-5-9-19)16(2)25-22(24-15)18-7-6-12-27(14-18)23(29)17-10-11-17/h17-19H,3-14H2,1-2H3,(H,26,28). The van der Waals surface area contributed by atoms with Gasteiger partial charge < -0.3 is 10.2 Å². The van der Waals surface area contributed by atoms with Gasteiger partial charge in [-0.2, -0.15) is 0 Å². The van der Waals surface area contributed by atoms with Crippen molar-refractivity contribution in [1.82, 2.24) is 20.2 Å². The van der Waals surface area contributed by atoms with Crippen LogP contribution in [0.5, 0.6) is 0 Å². The fourth-order valence-corrected chi connectivity index (χ4v) is 4.87. The summed E-state index contributed by atoms with van der Waals surface area (Å²) >= 11 is 0. The second-order valence-corrected chi connectivity index (χ2v) is 9.21. The number of hydrogen-bond acceptors (Lipinski definition) is 4.